The molecule has 5 nitrogen and oxygen atoms in total. The van der Waals surface area contributed by atoms with Crippen LogP contribution < -0.4 is 4.74 Å². The zero-order chi connectivity index (χ0) is 14.3. The number of nitrogens with zero attached hydrogens (tertiary/aromatic N) is 2. The van der Waals surface area contributed by atoms with Crippen molar-refractivity contribution in [2.45, 2.75) is 13.0 Å². The van der Waals surface area contributed by atoms with E-state index >= 15 is 0 Å². The molecule has 2 aromatic heterocycles. The molecule has 3 rings (SSSR count). The number of aryl methyl sites for hydroxylation is 1. The Labute approximate surface area is 116 Å². The Morgan fingerprint density at radius 3 is 2.85 bits per heavy atom. The lowest BCUT2D eigenvalue weighted by Crippen LogP contribution is -2.22. The summed E-state index contributed by atoms with van der Waals surface area (Å²) in [6, 6.07) is 3.94. The van der Waals surface area contributed by atoms with Gasteiger partial charge in [-0.15, -0.1) is 0 Å². The van der Waals surface area contributed by atoms with Gasteiger partial charge in [-0.05, 0) is 13.0 Å². The highest BCUT2D eigenvalue weighted by Crippen LogP contribution is 2.36. The van der Waals surface area contributed by atoms with Crippen LogP contribution in [0.5, 0.6) is 5.75 Å². The highest BCUT2D eigenvalue weighted by Gasteiger charge is 2.39. The van der Waals surface area contributed by atoms with Crippen molar-refractivity contribution in [3.05, 3.63) is 40.9 Å². The van der Waals surface area contributed by atoms with Gasteiger partial charge in [-0.3, -0.25) is 5.10 Å². The highest BCUT2D eigenvalue weighted by atomic mass is 35.5. The van der Waals surface area contributed by atoms with E-state index in [-0.39, 0.29) is 16.5 Å². The van der Waals surface area contributed by atoms with Crippen LogP contribution in [0.2, 0.25) is 5.02 Å². The third kappa shape index (κ3) is 2.20. The predicted octanol–water partition coefficient (Wildman–Crippen LogP) is 3.64. The molecule has 0 spiro atoms. The summed E-state index contributed by atoms with van der Waals surface area (Å²) in [5.74, 6) is 0.0902. The van der Waals surface area contributed by atoms with E-state index in [2.05, 4.69) is 24.6 Å². The van der Waals surface area contributed by atoms with E-state index in [4.69, 9.17) is 11.6 Å². The molecule has 0 amide bonds. The second-order valence-electron chi connectivity index (χ2n) is 4.18. The zero-order valence-electron chi connectivity index (χ0n) is 10.2. The van der Waals surface area contributed by atoms with E-state index in [1.165, 1.54) is 25.3 Å². The van der Waals surface area contributed by atoms with Gasteiger partial charge >= 0.3 is 6.11 Å². The average Bonchev–Trinajstić information content (AvgIpc) is 2.98. The number of benzene rings is 1. The van der Waals surface area contributed by atoms with Gasteiger partial charge in [0.25, 0.3) is 0 Å². The van der Waals surface area contributed by atoms with E-state index < -0.39 is 11.8 Å². The number of ether oxygens (including phenoxy) is 1. The zero-order valence-corrected chi connectivity index (χ0v) is 10.9. The maximum atomic E-state index is 13.9. The van der Waals surface area contributed by atoms with Crippen molar-refractivity contribution in [3.8, 4) is 5.75 Å². The van der Waals surface area contributed by atoms with E-state index in [0.29, 0.717) is 10.9 Å². The SMILES string of the molecule is Cc1cc(C(F)(F)Oc2cc3[nH]ncc3cc2Cl)no1. The lowest BCUT2D eigenvalue weighted by molar-refractivity contribution is -0.189. The number of fused-ring (bicyclic) bond motifs is 1. The number of rotatable bonds is 3. The van der Waals surface area contributed by atoms with Crippen LogP contribution in [0.15, 0.2) is 28.9 Å². The smallest absolute Gasteiger partial charge is 0.426 e. The number of aromatic nitrogens is 3. The quantitative estimate of drug-likeness (QED) is 0.802. The van der Waals surface area contributed by atoms with E-state index in [9.17, 15) is 8.78 Å². The molecule has 0 fully saturated rings. The molecule has 0 saturated carbocycles. The van der Waals surface area contributed by atoms with Crippen molar-refractivity contribution >= 4 is 22.5 Å². The standard InChI is InChI=1S/C12H8ClF2N3O2/c1-6-2-11(18-20-6)12(14,15)19-10-4-9-7(3-8(10)13)5-16-17-9/h2-5H,1H3,(H,16,17). The first kappa shape index (κ1) is 12.9. The normalized spacial score (nSPS) is 12.0. The van der Waals surface area contributed by atoms with Gasteiger partial charge in [0.1, 0.15) is 11.5 Å². The Morgan fingerprint density at radius 1 is 1.35 bits per heavy atom. The molecule has 104 valence electrons. The number of H-pyrrole nitrogens is 1. The maximum Gasteiger partial charge on any atom is 0.447 e. The first-order valence-electron chi connectivity index (χ1n) is 5.59. The monoisotopic (exact) mass is 299 g/mol. The van der Waals surface area contributed by atoms with Crippen molar-refractivity contribution in [1.29, 1.82) is 0 Å². The molecular formula is C12H8ClF2N3O2. The Hall–Kier alpha value is -2.15. The second-order valence-corrected chi connectivity index (χ2v) is 4.59. The number of aromatic amines is 1. The van der Waals surface area contributed by atoms with E-state index in [1.807, 2.05) is 0 Å². The molecule has 3 aromatic rings. The molecule has 0 aliphatic rings. The first-order chi connectivity index (χ1) is 9.45. The van der Waals surface area contributed by atoms with Crippen molar-refractivity contribution in [3.63, 3.8) is 0 Å². The largest absolute Gasteiger partial charge is 0.447 e. The molecule has 0 unspecified atom stereocenters. The average molecular weight is 300 g/mol. The minimum atomic E-state index is -3.64. The fourth-order valence-electron chi connectivity index (χ4n) is 1.72. The maximum absolute atomic E-state index is 13.9. The summed E-state index contributed by atoms with van der Waals surface area (Å²) in [7, 11) is 0. The summed E-state index contributed by atoms with van der Waals surface area (Å²) >= 11 is 5.92. The van der Waals surface area contributed by atoms with Crippen molar-refractivity contribution in [2.24, 2.45) is 0 Å². The van der Waals surface area contributed by atoms with E-state index in [1.54, 1.807) is 0 Å². The molecular weight excluding hydrogens is 292 g/mol. The molecule has 0 aliphatic carbocycles. The molecule has 0 saturated heterocycles. The van der Waals surface area contributed by atoms with Crippen molar-refractivity contribution in [2.75, 3.05) is 0 Å². The molecule has 8 heteroatoms. The van der Waals surface area contributed by atoms with Gasteiger partial charge in [0, 0.05) is 17.5 Å². The van der Waals surface area contributed by atoms with Crippen LogP contribution in [0.3, 0.4) is 0 Å². The van der Waals surface area contributed by atoms with Gasteiger partial charge in [0.2, 0.25) is 0 Å². The number of alkyl halides is 2. The van der Waals surface area contributed by atoms with Gasteiger partial charge in [0.15, 0.2) is 5.69 Å². The van der Waals surface area contributed by atoms with Crippen molar-refractivity contribution < 1.29 is 18.0 Å². The molecule has 1 N–H and O–H groups in total. The lowest BCUT2D eigenvalue weighted by atomic mass is 10.2. The summed E-state index contributed by atoms with van der Waals surface area (Å²) in [6.07, 6.45) is -2.11. The summed E-state index contributed by atoms with van der Waals surface area (Å²) in [6.45, 7) is 1.51. The predicted molar refractivity (Wildman–Crippen MR) is 66.9 cm³/mol. The topological polar surface area (TPSA) is 63.9 Å². The van der Waals surface area contributed by atoms with Crippen LogP contribution in [0.1, 0.15) is 11.5 Å². The number of halogens is 3. The van der Waals surface area contributed by atoms with Crippen LogP contribution in [0.4, 0.5) is 8.78 Å². The molecule has 0 aliphatic heterocycles. The van der Waals surface area contributed by atoms with Gasteiger partial charge in [-0.25, -0.2) is 0 Å². The Kier molecular flexibility index (Phi) is 2.86. The Balaban J connectivity index is 1.97. The number of hydrogen-bond acceptors (Lipinski definition) is 4. The second kappa shape index (κ2) is 4.45. The van der Waals surface area contributed by atoms with Crippen LogP contribution in [-0.2, 0) is 6.11 Å². The Morgan fingerprint density at radius 2 is 2.15 bits per heavy atom. The molecule has 2 heterocycles. The first-order valence-corrected chi connectivity index (χ1v) is 5.97. The lowest BCUT2D eigenvalue weighted by Gasteiger charge is -2.16. The summed E-state index contributed by atoms with van der Waals surface area (Å²) in [5.41, 5.74) is -0.0766. The van der Waals surface area contributed by atoms with Gasteiger partial charge in [-0.1, -0.05) is 16.8 Å². The number of nitrogens with one attached hydrogen (secondary N) is 1. The summed E-state index contributed by atoms with van der Waals surface area (Å²) in [4.78, 5) is 0. The molecule has 0 atom stereocenters. The van der Waals surface area contributed by atoms with E-state index in [0.717, 1.165) is 6.07 Å². The molecule has 1 aromatic carbocycles. The minimum absolute atomic E-state index is 0.0544. The molecule has 20 heavy (non-hydrogen) atoms. The van der Waals surface area contributed by atoms with Crippen LogP contribution in [-0.4, -0.2) is 15.4 Å². The molecule has 0 bridgehead atoms. The fourth-order valence-corrected chi connectivity index (χ4v) is 1.93. The van der Waals surface area contributed by atoms with Gasteiger partial charge in [-0.2, -0.15) is 13.9 Å². The van der Waals surface area contributed by atoms with Crippen LogP contribution in [0, 0.1) is 6.92 Å². The van der Waals surface area contributed by atoms with Crippen molar-refractivity contribution in [1.82, 2.24) is 15.4 Å². The third-order valence-electron chi connectivity index (χ3n) is 2.66. The summed E-state index contributed by atoms with van der Waals surface area (Å²) in [5, 5.41) is 10.4. The highest BCUT2D eigenvalue weighted by molar-refractivity contribution is 6.32. The fraction of sp³-hybridized carbons (Fsp3) is 0.167. The van der Waals surface area contributed by atoms with Gasteiger partial charge in [0.05, 0.1) is 16.7 Å². The third-order valence-corrected chi connectivity index (χ3v) is 2.95. The Bertz CT molecular complexity index is 769. The van der Waals surface area contributed by atoms with Gasteiger partial charge < -0.3 is 9.26 Å². The van der Waals surface area contributed by atoms with Crippen LogP contribution in [0.25, 0.3) is 10.9 Å². The molecule has 0 radical (unpaired) electrons. The number of hydrogen-bond donors (Lipinski definition) is 1. The van der Waals surface area contributed by atoms with Crippen LogP contribution >= 0.6 is 11.6 Å². The summed E-state index contributed by atoms with van der Waals surface area (Å²) < 4.78 is 37.2. The minimum Gasteiger partial charge on any atom is -0.426 e.